The second-order valence-electron chi connectivity index (χ2n) is 9.10. The summed E-state index contributed by atoms with van der Waals surface area (Å²) in [6, 6.07) is 11.8. The average Bonchev–Trinajstić information content (AvgIpc) is 3.44. The number of aromatic nitrogens is 4. The quantitative estimate of drug-likeness (QED) is 0.216. The molecule has 6 rings (SSSR count). The van der Waals surface area contributed by atoms with Gasteiger partial charge >= 0.3 is 0 Å². The number of thioether (sulfide) groups is 1. The van der Waals surface area contributed by atoms with Gasteiger partial charge in [-0.25, -0.2) is 22.8 Å². The van der Waals surface area contributed by atoms with E-state index in [1.165, 1.54) is 28.8 Å². The van der Waals surface area contributed by atoms with Crippen molar-refractivity contribution >= 4 is 39.3 Å². The fourth-order valence-corrected chi connectivity index (χ4v) is 6.45. The Morgan fingerprint density at radius 2 is 1.82 bits per heavy atom. The summed E-state index contributed by atoms with van der Waals surface area (Å²) in [5, 5.41) is 20.2. The Hall–Kier alpha value is -2.52. The van der Waals surface area contributed by atoms with Gasteiger partial charge in [-0.1, -0.05) is 58.9 Å². The monoisotopic (exact) mass is 654 g/mol. The molecule has 2 aliphatic heterocycles. The van der Waals surface area contributed by atoms with Gasteiger partial charge in [-0.3, -0.25) is 0 Å². The Morgan fingerprint density at radius 3 is 2.58 bits per heavy atom. The highest BCUT2D eigenvalue weighted by Gasteiger charge is 2.51. The zero-order chi connectivity index (χ0) is 28.0. The lowest BCUT2D eigenvalue weighted by molar-refractivity contribution is -0.306. The molecule has 0 radical (unpaired) electrons. The van der Waals surface area contributed by atoms with Gasteiger partial charge in [0, 0.05) is 22.2 Å². The van der Waals surface area contributed by atoms with Gasteiger partial charge in [0.2, 0.25) is 0 Å². The Balaban J connectivity index is 1.35. The Bertz CT molecular complexity index is 1510. The average molecular weight is 656 g/mol. The minimum atomic E-state index is -1.58. The van der Waals surface area contributed by atoms with Gasteiger partial charge in [-0.2, -0.15) is 0 Å². The molecule has 6 atom stereocenters. The van der Waals surface area contributed by atoms with Crippen molar-refractivity contribution in [1.29, 1.82) is 0 Å². The third kappa shape index (κ3) is 5.39. The second-order valence-corrected chi connectivity index (χ2v) is 11.4. The molecule has 0 aliphatic carbocycles. The fraction of sp³-hybridized carbons (Fsp3) is 0.269. The summed E-state index contributed by atoms with van der Waals surface area (Å²) in [4.78, 5) is 4.82. The molecular weight excluding hydrogens is 637 g/mol. The SMILES string of the molecule is OC1[C@@H](Sc2cc(Cl)cnc2Br)OC2COC(c3ccccc3)O[C@@H]2[C@@H]1n1cc(-c2cc(F)c(F)c(F)c2)nn1. The molecule has 2 aromatic heterocycles. The highest BCUT2D eigenvalue weighted by Crippen LogP contribution is 2.44. The molecule has 2 fully saturated rings. The Morgan fingerprint density at radius 1 is 1.07 bits per heavy atom. The molecule has 2 aromatic carbocycles. The Kier molecular flexibility index (Phi) is 7.87. The molecule has 0 spiro atoms. The van der Waals surface area contributed by atoms with Gasteiger partial charge in [0.05, 0.1) is 17.8 Å². The van der Waals surface area contributed by atoms with Crippen molar-refractivity contribution in [3.8, 4) is 11.3 Å². The van der Waals surface area contributed by atoms with Crippen LogP contribution in [-0.4, -0.2) is 55.4 Å². The van der Waals surface area contributed by atoms with E-state index in [2.05, 4.69) is 31.2 Å². The largest absolute Gasteiger partial charge is 0.387 e. The summed E-state index contributed by atoms with van der Waals surface area (Å²) in [6.07, 6.45) is -0.412. The minimum absolute atomic E-state index is 0.0179. The maximum absolute atomic E-state index is 13.9. The molecule has 4 aromatic rings. The van der Waals surface area contributed by atoms with E-state index in [0.29, 0.717) is 14.5 Å². The first-order valence-corrected chi connectivity index (χ1v) is 14.0. The third-order valence-electron chi connectivity index (χ3n) is 6.52. The number of pyridine rings is 1. The van der Waals surface area contributed by atoms with Gasteiger partial charge in [0.25, 0.3) is 0 Å². The number of aliphatic hydroxyl groups is 1. The van der Waals surface area contributed by atoms with Crippen LogP contribution in [-0.2, 0) is 14.2 Å². The Labute approximate surface area is 243 Å². The van der Waals surface area contributed by atoms with E-state index in [-0.39, 0.29) is 17.9 Å². The van der Waals surface area contributed by atoms with Gasteiger partial charge in [0.15, 0.2) is 23.7 Å². The van der Waals surface area contributed by atoms with Crippen LogP contribution in [0.4, 0.5) is 13.2 Å². The molecule has 2 aliphatic rings. The summed E-state index contributed by atoms with van der Waals surface area (Å²) in [5.41, 5.74) is -0.00539. The van der Waals surface area contributed by atoms with E-state index in [1.54, 1.807) is 6.07 Å². The first-order valence-electron chi connectivity index (χ1n) is 12.0. The van der Waals surface area contributed by atoms with Gasteiger partial charge < -0.3 is 19.3 Å². The number of rotatable bonds is 5. The molecule has 2 saturated heterocycles. The molecule has 3 unspecified atom stereocenters. The number of hydrogen-bond donors (Lipinski definition) is 1. The summed E-state index contributed by atoms with van der Waals surface area (Å²) in [6.45, 7) is 0.148. The van der Waals surface area contributed by atoms with Crippen molar-refractivity contribution in [3.05, 3.63) is 93.6 Å². The van der Waals surface area contributed by atoms with Gasteiger partial charge in [0.1, 0.15) is 40.1 Å². The number of halogens is 5. The lowest BCUT2D eigenvalue weighted by atomic mass is 9.96. The van der Waals surface area contributed by atoms with Gasteiger partial charge in [-0.15, -0.1) is 5.10 Å². The van der Waals surface area contributed by atoms with Crippen LogP contribution in [0.2, 0.25) is 5.02 Å². The number of ether oxygens (including phenoxy) is 3. The van der Waals surface area contributed by atoms with Crippen molar-refractivity contribution in [2.24, 2.45) is 0 Å². The summed E-state index contributed by atoms with van der Waals surface area (Å²) in [5.74, 6) is -4.29. The lowest BCUT2D eigenvalue weighted by Gasteiger charge is -2.47. The molecule has 8 nitrogen and oxygen atoms in total. The van der Waals surface area contributed by atoms with Crippen molar-refractivity contribution in [2.45, 2.75) is 41.0 Å². The summed E-state index contributed by atoms with van der Waals surface area (Å²) < 4.78 is 61.7. The zero-order valence-corrected chi connectivity index (χ0v) is 23.4. The predicted octanol–water partition coefficient (Wildman–Crippen LogP) is 5.71. The maximum Gasteiger partial charge on any atom is 0.194 e. The van der Waals surface area contributed by atoms with Crippen molar-refractivity contribution in [2.75, 3.05) is 6.61 Å². The molecule has 0 saturated carbocycles. The van der Waals surface area contributed by atoms with E-state index in [1.807, 2.05) is 30.3 Å². The molecule has 1 N–H and O–H groups in total. The molecule has 40 heavy (non-hydrogen) atoms. The first kappa shape index (κ1) is 27.6. The maximum atomic E-state index is 13.9. The highest BCUT2D eigenvalue weighted by atomic mass is 79.9. The van der Waals surface area contributed by atoms with Gasteiger partial charge in [-0.05, 0) is 34.1 Å². The van der Waals surface area contributed by atoms with E-state index < -0.39 is 53.5 Å². The standard InChI is InChI=1S/C26H19BrClF3N4O4S/c27-24-19(8-14(28)9-32-24)40-26-22(36)21(23-18(38-26)11-37-25(39-23)12-4-2-1-3-5-12)35-10-17(33-34-35)13-6-15(29)20(31)16(30)7-13/h1-10,18,21-23,25-26,36H,11H2/t18?,21-,22?,23+,25?,26-/m1/s1. The van der Waals surface area contributed by atoms with E-state index in [4.69, 9.17) is 25.8 Å². The van der Waals surface area contributed by atoms with Crippen molar-refractivity contribution in [3.63, 3.8) is 0 Å². The van der Waals surface area contributed by atoms with Crippen molar-refractivity contribution in [1.82, 2.24) is 20.0 Å². The first-order chi connectivity index (χ1) is 19.3. The normalized spacial score (nSPS) is 26.4. The molecule has 4 heterocycles. The lowest BCUT2D eigenvalue weighted by Crippen LogP contribution is -2.58. The van der Waals surface area contributed by atoms with E-state index in [9.17, 15) is 18.3 Å². The topological polar surface area (TPSA) is 91.5 Å². The zero-order valence-electron chi connectivity index (χ0n) is 20.2. The number of aliphatic hydroxyl groups excluding tert-OH is 1. The third-order valence-corrected chi connectivity index (χ3v) is 8.81. The number of fused-ring (bicyclic) bond motifs is 1. The van der Waals surface area contributed by atoms with Crippen LogP contribution in [0.25, 0.3) is 11.3 Å². The molecule has 14 heteroatoms. The summed E-state index contributed by atoms with van der Waals surface area (Å²) >= 11 is 10.7. The predicted molar refractivity (Wildman–Crippen MR) is 142 cm³/mol. The molecule has 208 valence electrons. The van der Waals surface area contributed by atoms with Crippen LogP contribution < -0.4 is 0 Å². The highest BCUT2D eigenvalue weighted by molar-refractivity contribution is 9.10. The fourth-order valence-electron chi connectivity index (χ4n) is 4.63. The minimum Gasteiger partial charge on any atom is -0.387 e. The number of nitrogens with zero attached hydrogens (tertiary/aromatic N) is 4. The summed E-state index contributed by atoms with van der Waals surface area (Å²) in [7, 11) is 0. The van der Waals surface area contributed by atoms with Crippen LogP contribution in [0, 0.1) is 17.5 Å². The second kappa shape index (κ2) is 11.4. The molecular formula is C26H19BrClF3N4O4S. The molecule has 0 bridgehead atoms. The van der Waals surface area contributed by atoms with Crippen LogP contribution in [0.15, 0.2) is 70.4 Å². The van der Waals surface area contributed by atoms with Crippen LogP contribution in [0.3, 0.4) is 0 Å². The van der Waals surface area contributed by atoms with Crippen LogP contribution in [0.1, 0.15) is 17.9 Å². The number of hydrogen-bond acceptors (Lipinski definition) is 8. The van der Waals surface area contributed by atoms with Crippen molar-refractivity contribution < 1.29 is 32.5 Å². The molecule has 0 amide bonds. The van der Waals surface area contributed by atoms with E-state index in [0.717, 1.165) is 17.7 Å². The smallest absolute Gasteiger partial charge is 0.194 e. The van der Waals surface area contributed by atoms with Crippen LogP contribution >= 0.6 is 39.3 Å². The number of benzene rings is 2. The van der Waals surface area contributed by atoms with Crippen LogP contribution in [0.5, 0.6) is 0 Å². The van der Waals surface area contributed by atoms with E-state index >= 15 is 0 Å².